The Kier molecular flexibility index (Phi) is 8.12. The number of hydrogen-bond acceptors (Lipinski definition) is 4. The molecule has 1 amide bonds. The molecule has 0 saturated heterocycles. The molecule has 0 fully saturated rings. The van der Waals surface area contributed by atoms with E-state index in [1.165, 1.54) is 0 Å². The van der Waals surface area contributed by atoms with E-state index in [0.717, 1.165) is 36.3 Å². The van der Waals surface area contributed by atoms with E-state index in [-0.39, 0.29) is 5.91 Å². The molecule has 2 rings (SSSR count). The molecule has 0 bridgehead atoms. The van der Waals surface area contributed by atoms with Crippen LogP contribution in [0.5, 0.6) is 0 Å². The van der Waals surface area contributed by atoms with E-state index in [2.05, 4.69) is 12.2 Å². The maximum Gasteiger partial charge on any atom is 0.256 e. The lowest BCUT2D eigenvalue weighted by molar-refractivity contribution is 0.0397. The Labute approximate surface area is 155 Å². The number of anilines is 2. The number of carbonyl (C=O) groups is 1. The number of unbranched alkanes of at least 4 members (excludes halogenated alkanes) is 1. The highest BCUT2D eigenvalue weighted by atomic mass is 16.5. The summed E-state index contributed by atoms with van der Waals surface area (Å²) < 4.78 is 11.1. The molecule has 26 heavy (non-hydrogen) atoms. The fourth-order valence-corrected chi connectivity index (χ4v) is 2.48. The zero-order valence-electron chi connectivity index (χ0n) is 15.6. The lowest BCUT2D eigenvalue weighted by atomic mass is 10.1. The Hall–Kier alpha value is -2.37. The second-order valence-electron chi connectivity index (χ2n) is 6.25. The number of carbonyl (C=O) groups excluding carboxylic acids is 1. The Morgan fingerprint density at radius 3 is 2.69 bits per heavy atom. The van der Waals surface area contributed by atoms with Crippen LogP contribution in [0.25, 0.3) is 0 Å². The fourth-order valence-electron chi connectivity index (χ4n) is 2.48. The molecule has 0 atom stereocenters. The van der Waals surface area contributed by atoms with E-state index in [9.17, 15) is 4.79 Å². The van der Waals surface area contributed by atoms with Gasteiger partial charge in [0.25, 0.3) is 5.91 Å². The van der Waals surface area contributed by atoms with Gasteiger partial charge in [-0.2, -0.15) is 0 Å². The van der Waals surface area contributed by atoms with Crippen LogP contribution in [0.4, 0.5) is 11.4 Å². The van der Waals surface area contributed by atoms with Crippen LogP contribution in [-0.4, -0.2) is 25.7 Å². The molecular formula is C21H28N2O3. The lowest BCUT2D eigenvalue weighted by Crippen LogP contribution is -2.14. The van der Waals surface area contributed by atoms with Crippen molar-refractivity contribution in [3.05, 3.63) is 59.2 Å². The number of aryl methyl sites for hydroxylation is 1. The highest BCUT2D eigenvalue weighted by Crippen LogP contribution is 2.17. The smallest absolute Gasteiger partial charge is 0.256 e. The Balaban J connectivity index is 1.84. The van der Waals surface area contributed by atoms with Gasteiger partial charge < -0.3 is 20.5 Å². The SMILES string of the molecule is CCCCOCCOCc1cccc(NC(=O)c2cc(N)ccc2C)c1. The van der Waals surface area contributed by atoms with E-state index in [1.807, 2.05) is 37.3 Å². The van der Waals surface area contributed by atoms with Crippen LogP contribution < -0.4 is 11.1 Å². The number of ether oxygens (including phenoxy) is 2. The highest BCUT2D eigenvalue weighted by Gasteiger charge is 2.10. The van der Waals surface area contributed by atoms with Crippen molar-refractivity contribution in [3.8, 4) is 0 Å². The van der Waals surface area contributed by atoms with Gasteiger partial charge in [-0.1, -0.05) is 31.5 Å². The van der Waals surface area contributed by atoms with Crippen molar-refractivity contribution in [2.45, 2.75) is 33.3 Å². The molecule has 2 aromatic carbocycles. The molecule has 0 saturated carbocycles. The molecule has 5 heteroatoms. The molecule has 140 valence electrons. The number of nitrogens with one attached hydrogen (secondary N) is 1. The summed E-state index contributed by atoms with van der Waals surface area (Å²) in [6.45, 7) is 6.46. The third-order valence-electron chi connectivity index (χ3n) is 3.97. The summed E-state index contributed by atoms with van der Waals surface area (Å²) in [5.41, 5.74) is 9.56. The Bertz CT molecular complexity index is 716. The van der Waals surface area contributed by atoms with Gasteiger partial charge >= 0.3 is 0 Å². The molecular weight excluding hydrogens is 328 g/mol. The number of rotatable bonds is 10. The van der Waals surface area contributed by atoms with Crippen LogP contribution in [0, 0.1) is 6.92 Å². The van der Waals surface area contributed by atoms with Gasteiger partial charge in [-0.05, 0) is 48.7 Å². The lowest BCUT2D eigenvalue weighted by Gasteiger charge is -2.10. The van der Waals surface area contributed by atoms with Crippen molar-refractivity contribution in [2.75, 3.05) is 30.9 Å². The fraction of sp³-hybridized carbons (Fsp3) is 0.381. The minimum absolute atomic E-state index is 0.169. The second kappa shape index (κ2) is 10.6. The van der Waals surface area contributed by atoms with Crippen molar-refractivity contribution < 1.29 is 14.3 Å². The standard InChI is InChI=1S/C21H28N2O3/c1-3-4-10-25-11-12-26-15-17-6-5-7-19(13-17)23-21(24)20-14-18(22)9-8-16(20)2/h5-9,13-14H,3-4,10-12,15,22H2,1-2H3,(H,23,24). The minimum atomic E-state index is -0.169. The summed E-state index contributed by atoms with van der Waals surface area (Å²) >= 11 is 0. The molecule has 0 aromatic heterocycles. The van der Waals surface area contributed by atoms with Crippen LogP contribution >= 0.6 is 0 Å². The van der Waals surface area contributed by atoms with Gasteiger partial charge in [0.15, 0.2) is 0 Å². The maximum atomic E-state index is 12.5. The number of hydrogen-bond donors (Lipinski definition) is 2. The van der Waals surface area contributed by atoms with Crippen molar-refractivity contribution >= 4 is 17.3 Å². The monoisotopic (exact) mass is 356 g/mol. The average Bonchev–Trinajstić information content (AvgIpc) is 2.63. The number of amides is 1. The predicted octanol–water partition coefficient (Wildman–Crippen LogP) is 4.16. The molecule has 2 aromatic rings. The van der Waals surface area contributed by atoms with Crippen LogP contribution in [0.1, 0.15) is 41.3 Å². The number of benzene rings is 2. The number of nitrogens with two attached hydrogens (primary N) is 1. The summed E-state index contributed by atoms with van der Waals surface area (Å²) in [6.07, 6.45) is 2.21. The van der Waals surface area contributed by atoms with Crippen molar-refractivity contribution in [3.63, 3.8) is 0 Å². The summed E-state index contributed by atoms with van der Waals surface area (Å²) in [7, 11) is 0. The molecule has 0 aliphatic heterocycles. The van der Waals surface area contributed by atoms with Crippen LogP contribution in [0.3, 0.4) is 0 Å². The van der Waals surface area contributed by atoms with Gasteiger partial charge in [0.2, 0.25) is 0 Å². The first-order valence-electron chi connectivity index (χ1n) is 9.02. The summed E-state index contributed by atoms with van der Waals surface area (Å²) in [5, 5.41) is 2.92. The van der Waals surface area contributed by atoms with Gasteiger partial charge in [0.05, 0.1) is 19.8 Å². The van der Waals surface area contributed by atoms with Crippen molar-refractivity contribution in [1.29, 1.82) is 0 Å². The predicted molar refractivity (Wildman–Crippen MR) is 105 cm³/mol. The van der Waals surface area contributed by atoms with Crippen molar-refractivity contribution in [2.24, 2.45) is 0 Å². The van der Waals surface area contributed by atoms with Gasteiger partial charge in [-0.3, -0.25) is 4.79 Å². The topological polar surface area (TPSA) is 73.6 Å². The first-order valence-corrected chi connectivity index (χ1v) is 9.02. The zero-order valence-corrected chi connectivity index (χ0v) is 15.6. The van der Waals surface area contributed by atoms with E-state index in [4.69, 9.17) is 15.2 Å². The van der Waals surface area contributed by atoms with Gasteiger partial charge in [-0.25, -0.2) is 0 Å². The van der Waals surface area contributed by atoms with E-state index in [1.54, 1.807) is 12.1 Å². The first-order chi connectivity index (χ1) is 12.6. The normalized spacial score (nSPS) is 10.7. The van der Waals surface area contributed by atoms with Gasteiger partial charge in [0.1, 0.15) is 0 Å². The van der Waals surface area contributed by atoms with Crippen LogP contribution in [-0.2, 0) is 16.1 Å². The average molecular weight is 356 g/mol. The quantitative estimate of drug-likeness (QED) is 0.495. The molecule has 0 aliphatic rings. The third kappa shape index (κ3) is 6.50. The Morgan fingerprint density at radius 2 is 1.88 bits per heavy atom. The summed E-state index contributed by atoms with van der Waals surface area (Å²) in [6, 6.07) is 13.0. The first kappa shape index (κ1) is 19.9. The molecule has 0 unspecified atom stereocenters. The molecule has 0 radical (unpaired) electrons. The van der Waals surface area contributed by atoms with E-state index < -0.39 is 0 Å². The molecule has 0 aliphatic carbocycles. The zero-order chi connectivity index (χ0) is 18.8. The molecule has 0 spiro atoms. The Morgan fingerprint density at radius 1 is 1.08 bits per heavy atom. The summed E-state index contributed by atoms with van der Waals surface area (Å²) in [4.78, 5) is 12.5. The van der Waals surface area contributed by atoms with E-state index in [0.29, 0.717) is 31.1 Å². The minimum Gasteiger partial charge on any atom is -0.399 e. The largest absolute Gasteiger partial charge is 0.399 e. The van der Waals surface area contributed by atoms with Gasteiger partial charge in [0, 0.05) is 23.5 Å². The third-order valence-corrected chi connectivity index (χ3v) is 3.97. The van der Waals surface area contributed by atoms with Gasteiger partial charge in [-0.15, -0.1) is 0 Å². The molecule has 3 N–H and O–H groups in total. The molecule has 5 nitrogen and oxygen atoms in total. The highest BCUT2D eigenvalue weighted by molar-refractivity contribution is 6.05. The number of nitrogen functional groups attached to an aromatic ring is 1. The maximum absolute atomic E-state index is 12.5. The summed E-state index contributed by atoms with van der Waals surface area (Å²) in [5.74, 6) is -0.169. The second-order valence-corrected chi connectivity index (χ2v) is 6.25. The van der Waals surface area contributed by atoms with Crippen LogP contribution in [0.2, 0.25) is 0 Å². The van der Waals surface area contributed by atoms with Crippen LogP contribution in [0.15, 0.2) is 42.5 Å². The van der Waals surface area contributed by atoms with E-state index >= 15 is 0 Å². The molecule has 0 heterocycles. The van der Waals surface area contributed by atoms with Crippen molar-refractivity contribution in [1.82, 2.24) is 0 Å².